The average Bonchev–Trinajstić information content (AvgIpc) is 2.91. The fourth-order valence-corrected chi connectivity index (χ4v) is 5.10. The first kappa shape index (κ1) is 34.6. The molecule has 224 valence electrons. The van der Waals surface area contributed by atoms with Crippen molar-refractivity contribution in [3.05, 3.63) is 0 Å². The topological polar surface area (TPSA) is 71.1 Å². The van der Waals surface area contributed by atoms with Gasteiger partial charge >= 0.3 is 12.3 Å². The van der Waals surface area contributed by atoms with Crippen LogP contribution >= 0.6 is 0 Å². The molecule has 38 heavy (non-hydrogen) atoms. The van der Waals surface area contributed by atoms with Crippen LogP contribution in [-0.2, 0) is 18.9 Å². The maximum Gasteiger partial charge on any atom is 0.508 e. The second kappa shape index (κ2) is 25.8. The van der Waals surface area contributed by atoms with Gasteiger partial charge in [0.25, 0.3) is 0 Å². The largest absolute Gasteiger partial charge is 0.508 e. The van der Waals surface area contributed by atoms with Crippen LogP contribution in [0.15, 0.2) is 0 Å². The molecular formula is C32H60O6. The maximum atomic E-state index is 12.0. The minimum absolute atomic E-state index is 0.155. The lowest BCUT2D eigenvalue weighted by molar-refractivity contribution is -0.0271. The first-order chi connectivity index (χ1) is 18.7. The van der Waals surface area contributed by atoms with Crippen LogP contribution in [0.3, 0.4) is 0 Å². The van der Waals surface area contributed by atoms with Crippen molar-refractivity contribution in [3.63, 3.8) is 0 Å². The molecule has 1 aliphatic rings. The molecule has 0 atom stereocenters. The van der Waals surface area contributed by atoms with Gasteiger partial charge in [-0.05, 0) is 38.5 Å². The molecule has 0 N–H and O–H groups in total. The summed E-state index contributed by atoms with van der Waals surface area (Å²) in [6.07, 6.45) is 26.3. The Bertz CT molecular complexity index is 496. The van der Waals surface area contributed by atoms with E-state index >= 15 is 0 Å². The Balaban J connectivity index is 1.90. The number of hydrogen-bond donors (Lipinski definition) is 0. The second-order valence-electron chi connectivity index (χ2n) is 11.2. The molecule has 6 nitrogen and oxygen atoms in total. The van der Waals surface area contributed by atoms with Gasteiger partial charge in [0.1, 0.15) is 12.2 Å². The van der Waals surface area contributed by atoms with Gasteiger partial charge < -0.3 is 18.9 Å². The van der Waals surface area contributed by atoms with Gasteiger partial charge in [-0.1, -0.05) is 129 Å². The van der Waals surface area contributed by atoms with E-state index < -0.39 is 12.3 Å². The lowest BCUT2D eigenvalue weighted by Crippen LogP contribution is -2.30. The average molecular weight is 541 g/mol. The molecule has 0 radical (unpaired) electrons. The van der Waals surface area contributed by atoms with E-state index in [1.165, 1.54) is 103 Å². The normalized spacial score (nSPS) is 17.2. The summed E-state index contributed by atoms with van der Waals surface area (Å²) in [7, 11) is 0. The minimum Gasteiger partial charge on any atom is -0.434 e. The highest BCUT2D eigenvalue weighted by atomic mass is 16.7. The highest BCUT2D eigenvalue weighted by molar-refractivity contribution is 5.60. The molecule has 1 fully saturated rings. The molecule has 0 spiro atoms. The third-order valence-corrected chi connectivity index (χ3v) is 7.58. The fourth-order valence-electron chi connectivity index (χ4n) is 5.10. The Morgan fingerprint density at radius 2 is 0.711 bits per heavy atom. The molecule has 1 saturated carbocycles. The van der Waals surface area contributed by atoms with Crippen molar-refractivity contribution in [1.29, 1.82) is 0 Å². The summed E-state index contributed by atoms with van der Waals surface area (Å²) >= 11 is 0. The molecule has 1 aliphatic carbocycles. The van der Waals surface area contributed by atoms with Crippen LogP contribution < -0.4 is 0 Å². The van der Waals surface area contributed by atoms with Crippen molar-refractivity contribution in [2.45, 2.75) is 180 Å². The quantitative estimate of drug-likeness (QED) is 0.0895. The number of rotatable bonds is 24. The number of carbonyl (C=O) groups is 2. The summed E-state index contributed by atoms with van der Waals surface area (Å²) in [6.45, 7) is 5.36. The van der Waals surface area contributed by atoms with Gasteiger partial charge in [-0.3, -0.25) is 0 Å². The fraction of sp³-hybridized carbons (Fsp3) is 0.938. The third kappa shape index (κ3) is 21.5. The van der Waals surface area contributed by atoms with Crippen molar-refractivity contribution in [3.8, 4) is 0 Å². The standard InChI is InChI=1S/C32H60O6/c1-3-5-7-9-11-13-15-17-19-21-27-35-31(33)37-29-23-25-30(26-24-29)38-32(34)36-28-22-20-18-16-14-12-10-8-6-4-2/h29-30H,3-28H2,1-2H3. The van der Waals surface area contributed by atoms with Gasteiger partial charge in [-0.15, -0.1) is 0 Å². The predicted molar refractivity (Wildman–Crippen MR) is 155 cm³/mol. The monoisotopic (exact) mass is 540 g/mol. The predicted octanol–water partition coefficient (Wildman–Crippen LogP) is 10.4. The lowest BCUT2D eigenvalue weighted by atomic mass is 9.95. The highest BCUT2D eigenvalue weighted by Crippen LogP contribution is 2.24. The first-order valence-electron chi connectivity index (χ1n) is 16.3. The summed E-state index contributed by atoms with van der Waals surface area (Å²) in [4.78, 5) is 23.9. The number of ether oxygens (including phenoxy) is 4. The lowest BCUT2D eigenvalue weighted by Gasteiger charge is -2.27. The van der Waals surface area contributed by atoms with Crippen LogP contribution in [0.25, 0.3) is 0 Å². The van der Waals surface area contributed by atoms with E-state index in [2.05, 4.69) is 13.8 Å². The molecule has 0 aromatic heterocycles. The Hall–Kier alpha value is -1.46. The van der Waals surface area contributed by atoms with Gasteiger partial charge in [0, 0.05) is 0 Å². The van der Waals surface area contributed by atoms with Gasteiger partial charge in [0.15, 0.2) is 0 Å². The van der Waals surface area contributed by atoms with E-state index in [0.29, 0.717) is 38.9 Å². The Kier molecular flexibility index (Phi) is 23.5. The van der Waals surface area contributed by atoms with Crippen LogP contribution in [0.2, 0.25) is 0 Å². The van der Waals surface area contributed by atoms with Gasteiger partial charge in [-0.2, -0.15) is 0 Å². The van der Waals surface area contributed by atoms with E-state index in [1.54, 1.807) is 0 Å². The Labute approximate surface area is 234 Å². The highest BCUT2D eigenvalue weighted by Gasteiger charge is 2.27. The molecule has 1 rings (SSSR count). The number of unbranched alkanes of at least 4 members (excludes halogenated alkanes) is 18. The zero-order valence-corrected chi connectivity index (χ0v) is 25.0. The molecule has 0 amide bonds. The van der Waals surface area contributed by atoms with Crippen LogP contribution in [-0.4, -0.2) is 37.7 Å². The molecular weight excluding hydrogens is 480 g/mol. The summed E-state index contributed by atoms with van der Waals surface area (Å²) in [5, 5.41) is 0. The molecule has 0 aromatic carbocycles. The van der Waals surface area contributed by atoms with Gasteiger partial charge in [0.05, 0.1) is 13.2 Å². The van der Waals surface area contributed by atoms with Gasteiger partial charge in [-0.25, -0.2) is 9.59 Å². The van der Waals surface area contributed by atoms with Crippen molar-refractivity contribution >= 4 is 12.3 Å². The van der Waals surface area contributed by atoms with Gasteiger partial charge in [0.2, 0.25) is 0 Å². The summed E-state index contributed by atoms with van der Waals surface area (Å²) in [5.41, 5.74) is 0. The van der Waals surface area contributed by atoms with Crippen molar-refractivity contribution < 1.29 is 28.5 Å². The molecule has 6 heteroatoms. The number of hydrogen-bond acceptors (Lipinski definition) is 6. The molecule has 0 heterocycles. The number of carbonyl (C=O) groups excluding carboxylic acids is 2. The molecule has 0 unspecified atom stereocenters. The van der Waals surface area contributed by atoms with Crippen LogP contribution in [0.1, 0.15) is 168 Å². The molecule has 0 bridgehead atoms. The van der Waals surface area contributed by atoms with Crippen LogP contribution in [0.4, 0.5) is 9.59 Å². The van der Waals surface area contributed by atoms with Crippen molar-refractivity contribution in [1.82, 2.24) is 0 Å². The zero-order valence-electron chi connectivity index (χ0n) is 25.0. The van der Waals surface area contributed by atoms with E-state index in [1.807, 2.05) is 0 Å². The molecule has 0 saturated heterocycles. The Morgan fingerprint density at radius 3 is 1.00 bits per heavy atom. The Morgan fingerprint density at radius 1 is 0.447 bits per heavy atom. The van der Waals surface area contributed by atoms with E-state index in [-0.39, 0.29) is 12.2 Å². The second-order valence-corrected chi connectivity index (χ2v) is 11.2. The summed E-state index contributed by atoms with van der Waals surface area (Å²) < 4.78 is 21.4. The van der Waals surface area contributed by atoms with E-state index in [4.69, 9.17) is 18.9 Å². The summed E-state index contributed by atoms with van der Waals surface area (Å²) in [6, 6.07) is 0. The molecule has 0 aliphatic heterocycles. The van der Waals surface area contributed by atoms with Crippen molar-refractivity contribution in [2.24, 2.45) is 0 Å². The minimum atomic E-state index is -0.568. The third-order valence-electron chi connectivity index (χ3n) is 7.58. The smallest absolute Gasteiger partial charge is 0.434 e. The van der Waals surface area contributed by atoms with Crippen LogP contribution in [0.5, 0.6) is 0 Å². The SMILES string of the molecule is CCCCCCCCCCCCOC(=O)OC1CCC(OC(=O)OCCCCCCCCCCCC)CC1. The first-order valence-corrected chi connectivity index (χ1v) is 16.3. The van der Waals surface area contributed by atoms with Crippen molar-refractivity contribution in [2.75, 3.05) is 13.2 Å². The van der Waals surface area contributed by atoms with E-state index in [9.17, 15) is 9.59 Å². The van der Waals surface area contributed by atoms with E-state index in [0.717, 1.165) is 25.7 Å². The summed E-state index contributed by atoms with van der Waals surface area (Å²) in [5.74, 6) is 0. The maximum absolute atomic E-state index is 12.0. The van der Waals surface area contributed by atoms with Crippen LogP contribution in [0, 0.1) is 0 Å². The zero-order chi connectivity index (χ0) is 27.5. The molecule has 0 aromatic rings.